The van der Waals surface area contributed by atoms with Crippen LogP contribution in [0.4, 0.5) is 5.69 Å². The Hall–Kier alpha value is -1.02. The highest BCUT2D eigenvalue weighted by Crippen LogP contribution is 2.21. The van der Waals surface area contributed by atoms with Gasteiger partial charge in [0.25, 0.3) is 0 Å². The summed E-state index contributed by atoms with van der Waals surface area (Å²) < 4.78 is 0. The summed E-state index contributed by atoms with van der Waals surface area (Å²) in [6.45, 7) is 7.90. The molecule has 0 saturated carbocycles. The molecule has 17 heavy (non-hydrogen) atoms. The second kappa shape index (κ2) is 6.06. The molecule has 0 radical (unpaired) electrons. The standard InChI is InChI=1S/C15H24N2/c1-3-17(4-2)14-10-8-13(9-11-14)15-7-5-6-12-16-15/h8-11,15-16H,3-7,12H2,1-2H3/p+1/t15-/m1/s1. The van der Waals surface area contributed by atoms with Crippen molar-refractivity contribution in [3.63, 3.8) is 0 Å². The Morgan fingerprint density at radius 2 is 1.82 bits per heavy atom. The van der Waals surface area contributed by atoms with E-state index >= 15 is 0 Å². The molecule has 2 nitrogen and oxygen atoms in total. The summed E-state index contributed by atoms with van der Waals surface area (Å²) in [6, 6.07) is 9.91. The van der Waals surface area contributed by atoms with Crippen molar-refractivity contribution in [2.24, 2.45) is 0 Å². The Morgan fingerprint density at radius 1 is 1.12 bits per heavy atom. The minimum atomic E-state index is 0.703. The molecule has 0 bridgehead atoms. The number of anilines is 1. The quantitative estimate of drug-likeness (QED) is 0.846. The summed E-state index contributed by atoms with van der Waals surface area (Å²) in [4.78, 5) is 2.40. The molecule has 0 aromatic heterocycles. The van der Waals surface area contributed by atoms with Gasteiger partial charge in [0, 0.05) is 30.8 Å². The fourth-order valence-electron chi connectivity index (χ4n) is 2.77. The molecule has 2 N–H and O–H groups in total. The maximum absolute atomic E-state index is 2.50. The van der Waals surface area contributed by atoms with Gasteiger partial charge in [-0.15, -0.1) is 0 Å². The summed E-state index contributed by atoms with van der Waals surface area (Å²) in [6.07, 6.45) is 4.11. The number of nitrogens with zero attached hydrogens (tertiary/aromatic N) is 1. The molecule has 0 aliphatic carbocycles. The van der Waals surface area contributed by atoms with E-state index < -0.39 is 0 Å². The lowest BCUT2D eigenvalue weighted by Crippen LogP contribution is -2.86. The molecule has 1 heterocycles. The molecular weight excluding hydrogens is 208 g/mol. The number of hydrogen-bond donors (Lipinski definition) is 1. The van der Waals surface area contributed by atoms with E-state index in [0.29, 0.717) is 6.04 Å². The minimum absolute atomic E-state index is 0.703. The van der Waals surface area contributed by atoms with Gasteiger partial charge in [-0.25, -0.2) is 0 Å². The summed E-state index contributed by atoms with van der Waals surface area (Å²) >= 11 is 0. The maximum atomic E-state index is 2.50. The van der Waals surface area contributed by atoms with E-state index in [4.69, 9.17) is 0 Å². The third kappa shape index (κ3) is 3.01. The number of hydrogen-bond acceptors (Lipinski definition) is 1. The number of rotatable bonds is 4. The van der Waals surface area contributed by atoms with Crippen LogP contribution in [0.3, 0.4) is 0 Å². The summed E-state index contributed by atoms with van der Waals surface area (Å²) in [5.74, 6) is 0. The Morgan fingerprint density at radius 3 is 2.35 bits per heavy atom. The first kappa shape index (κ1) is 12.4. The van der Waals surface area contributed by atoms with Crippen molar-refractivity contribution >= 4 is 5.69 Å². The molecule has 1 aromatic rings. The average Bonchev–Trinajstić information content (AvgIpc) is 2.42. The van der Waals surface area contributed by atoms with Gasteiger partial charge in [0.05, 0.1) is 6.54 Å². The zero-order valence-corrected chi connectivity index (χ0v) is 11.2. The molecular formula is C15H25N2+. The summed E-state index contributed by atoms with van der Waals surface area (Å²) in [7, 11) is 0. The second-order valence-electron chi connectivity index (χ2n) is 4.89. The lowest BCUT2D eigenvalue weighted by molar-refractivity contribution is -0.704. The highest BCUT2D eigenvalue weighted by Gasteiger charge is 2.18. The maximum Gasteiger partial charge on any atom is 0.112 e. The van der Waals surface area contributed by atoms with E-state index in [1.165, 1.54) is 37.1 Å². The Labute approximate surface area is 105 Å². The fraction of sp³-hybridized carbons (Fsp3) is 0.600. The van der Waals surface area contributed by atoms with Crippen LogP contribution in [0.1, 0.15) is 44.7 Å². The lowest BCUT2D eigenvalue weighted by Gasteiger charge is -2.23. The largest absolute Gasteiger partial charge is 0.372 e. The van der Waals surface area contributed by atoms with Crippen molar-refractivity contribution in [1.29, 1.82) is 0 Å². The van der Waals surface area contributed by atoms with E-state index in [1.54, 1.807) is 0 Å². The van der Waals surface area contributed by atoms with Gasteiger partial charge in [-0.1, -0.05) is 12.1 Å². The first-order valence-corrected chi connectivity index (χ1v) is 7.03. The normalized spacial score (nSPS) is 20.2. The van der Waals surface area contributed by atoms with Crippen LogP contribution < -0.4 is 10.2 Å². The molecule has 1 aliphatic rings. The number of piperidine rings is 1. The second-order valence-corrected chi connectivity index (χ2v) is 4.89. The van der Waals surface area contributed by atoms with E-state index in [1.807, 2.05) is 0 Å². The fourth-order valence-corrected chi connectivity index (χ4v) is 2.77. The molecule has 94 valence electrons. The third-order valence-corrected chi connectivity index (χ3v) is 3.87. The number of nitrogens with two attached hydrogens (primary N) is 1. The number of quaternary nitrogens is 1. The molecule has 0 spiro atoms. The van der Waals surface area contributed by atoms with Gasteiger partial charge < -0.3 is 10.2 Å². The third-order valence-electron chi connectivity index (χ3n) is 3.87. The van der Waals surface area contributed by atoms with Crippen LogP contribution in [0.2, 0.25) is 0 Å². The first-order valence-electron chi connectivity index (χ1n) is 7.03. The first-order chi connectivity index (χ1) is 8.35. The highest BCUT2D eigenvalue weighted by atomic mass is 15.1. The monoisotopic (exact) mass is 233 g/mol. The van der Waals surface area contributed by atoms with Crippen molar-refractivity contribution in [3.8, 4) is 0 Å². The van der Waals surface area contributed by atoms with Crippen LogP contribution in [0, 0.1) is 0 Å². The van der Waals surface area contributed by atoms with Crippen LogP contribution in [-0.2, 0) is 0 Å². The highest BCUT2D eigenvalue weighted by molar-refractivity contribution is 5.47. The number of benzene rings is 1. The van der Waals surface area contributed by atoms with Crippen molar-refractivity contribution in [3.05, 3.63) is 29.8 Å². The Balaban J connectivity index is 2.06. The van der Waals surface area contributed by atoms with Crippen molar-refractivity contribution in [1.82, 2.24) is 0 Å². The topological polar surface area (TPSA) is 19.9 Å². The molecule has 1 fully saturated rings. The van der Waals surface area contributed by atoms with Gasteiger partial charge in [-0.2, -0.15) is 0 Å². The Bertz CT molecular complexity index is 321. The molecule has 1 saturated heterocycles. The minimum Gasteiger partial charge on any atom is -0.372 e. The Kier molecular flexibility index (Phi) is 4.43. The molecule has 1 atom stereocenters. The summed E-state index contributed by atoms with van der Waals surface area (Å²) in [5, 5.41) is 2.50. The van der Waals surface area contributed by atoms with Gasteiger partial charge in [0.2, 0.25) is 0 Å². The molecule has 0 amide bonds. The lowest BCUT2D eigenvalue weighted by atomic mass is 9.97. The molecule has 1 aromatic carbocycles. The smallest absolute Gasteiger partial charge is 0.112 e. The predicted octanol–water partition coefficient (Wildman–Crippen LogP) is 2.32. The van der Waals surface area contributed by atoms with E-state index in [-0.39, 0.29) is 0 Å². The van der Waals surface area contributed by atoms with Crippen LogP contribution in [-0.4, -0.2) is 19.6 Å². The van der Waals surface area contributed by atoms with Gasteiger partial charge >= 0.3 is 0 Å². The summed E-state index contributed by atoms with van der Waals surface area (Å²) in [5.41, 5.74) is 2.86. The van der Waals surface area contributed by atoms with Gasteiger partial charge in [-0.3, -0.25) is 0 Å². The predicted molar refractivity (Wildman–Crippen MR) is 73.4 cm³/mol. The molecule has 1 aliphatic heterocycles. The van der Waals surface area contributed by atoms with E-state index in [2.05, 4.69) is 48.3 Å². The average molecular weight is 233 g/mol. The molecule has 2 heteroatoms. The van der Waals surface area contributed by atoms with Crippen molar-refractivity contribution in [2.45, 2.75) is 39.2 Å². The molecule has 2 rings (SSSR count). The van der Waals surface area contributed by atoms with Crippen LogP contribution in [0.15, 0.2) is 24.3 Å². The van der Waals surface area contributed by atoms with Gasteiger partial charge in [-0.05, 0) is 38.8 Å². The van der Waals surface area contributed by atoms with Crippen molar-refractivity contribution in [2.75, 3.05) is 24.5 Å². The zero-order chi connectivity index (χ0) is 12.1. The van der Waals surface area contributed by atoms with Crippen LogP contribution in [0.25, 0.3) is 0 Å². The SMILES string of the molecule is CCN(CC)c1ccc([C@H]2CCCC[NH2+]2)cc1. The van der Waals surface area contributed by atoms with E-state index in [9.17, 15) is 0 Å². The van der Waals surface area contributed by atoms with Crippen LogP contribution in [0.5, 0.6) is 0 Å². The van der Waals surface area contributed by atoms with Gasteiger partial charge in [0.15, 0.2) is 0 Å². The molecule has 0 unspecified atom stereocenters. The zero-order valence-electron chi connectivity index (χ0n) is 11.2. The van der Waals surface area contributed by atoms with Crippen LogP contribution >= 0.6 is 0 Å². The van der Waals surface area contributed by atoms with Gasteiger partial charge in [0.1, 0.15) is 6.04 Å². The van der Waals surface area contributed by atoms with Crippen molar-refractivity contribution < 1.29 is 5.32 Å². The van der Waals surface area contributed by atoms with E-state index in [0.717, 1.165) is 13.1 Å².